The van der Waals surface area contributed by atoms with E-state index in [1.165, 1.54) is 86.5 Å². The van der Waals surface area contributed by atoms with Crippen LogP contribution in [-0.2, 0) is 30.6 Å². The maximum absolute atomic E-state index is 5.65. The zero-order valence-corrected chi connectivity index (χ0v) is 20.8. The molecule has 0 unspecified atom stereocenters. The highest BCUT2D eigenvalue weighted by molar-refractivity contribution is 5.24. The Morgan fingerprint density at radius 1 is 0.758 bits per heavy atom. The number of rotatable bonds is 14. The van der Waals surface area contributed by atoms with Crippen LogP contribution in [0.2, 0.25) is 0 Å². The molecule has 2 aromatic rings. The SMILES string of the molecule is C=CCc1ccc(CCCCC2CCC(CCc3ccc(COCC=CC)cc3)CC2)cc1. The summed E-state index contributed by atoms with van der Waals surface area (Å²) in [7, 11) is 0. The van der Waals surface area contributed by atoms with Crippen molar-refractivity contribution in [2.45, 2.75) is 84.2 Å². The predicted octanol–water partition coefficient (Wildman–Crippen LogP) is 8.66. The summed E-state index contributed by atoms with van der Waals surface area (Å²) in [5.41, 5.74) is 5.61. The molecule has 1 nitrogen and oxygen atoms in total. The first-order valence-electron chi connectivity index (χ1n) is 13.2. The summed E-state index contributed by atoms with van der Waals surface area (Å²) in [6.07, 6.45) is 20.7. The van der Waals surface area contributed by atoms with Crippen LogP contribution in [0.4, 0.5) is 0 Å². The Balaban J connectivity index is 1.25. The van der Waals surface area contributed by atoms with E-state index in [4.69, 9.17) is 4.74 Å². The number of aryl methyl sites for hydroxylation is 2. The molecule has 2 aromatic carbocycles. The molecule has 1 heteroatoms. The summed E-state index contributed by atoms with van der Waals surface area (Å²) in [6.45, 7) is 7.25. The number of benzene rings is 2. The zero-order chi connectivity index (χ0) is 23.1. The number of hydrogen-bond acceptors (Lipinski definition) is 1. The zero-order valence-electron chi connectivity index (χ0n) is 20.8. The second kappa shape index (κ2) is 14.9. The summed E-state index contributed by atoms with van der Waals surface area (Å²) in [5, 5.41) is 0. The molecule has 3 rings (SSSR count). The molecule has 0 atom stereocenters. The largest absolute Gasteiger partial charge is 0.373 e. The van der Waals surface area contributed by atoms with Gasteiger partial charge in [0.25, 0.3) is 0 Å². The molecule has 0 saturated heterocycles. The van der Waals surface area contributed by atoms with Crippen LogP contribution in [-0.4, -0.2) is 6.61 Å². The lowest BCUT2D eigenvalue weighted by atomic mass is 9.77. The van der Waals surface area contributed by atoms with Gasteiger partial charge in [0.15, 0.2) is 0 Å². The predicted molar refractivity (Wildman–Crippen MR) is 143 cm³/mol. The summed E-state index contributed by atoms with van der Waals surface area (Å²) in [6, 6.07) is 18.2. The summed E-state index contributed by atoms with van der Waals surface area (Å²) in [4.78, 5) is 0. The van der Waals surface area contributed by atoms with Crippen molar-refractivity contribution in [3.8, 4) is 0 Å². The van der Waals surface area contributed by atoms with Crippen molar-refractivity contribution in [1.82, 2.24) is 0 Å². The van der Waals surface area contributed by atoms with Crippen molar-refractivity contribution < 1.29 is 4.74 Å². The highest BCUT2D eigenvalue weighted by atomic mass is 16.5. The molecule has 1 fully saturated rings. The minimum absolute atomic E-state index is 0.700. The third-order valence-corrected chi connectivity index (χ3v) is 7.28. The van der Waals surface area contributed by atoms with Gasteiger partial charge in [-0.15, -0.1) is 6.58 Å². The van der Waals surface area contributed by atoms with E-state index >= 15 is 0 Å². The Morgan fingerprint density at radius 3 is 1.97 bits per heavy atom. The molecule has 0 aromatic heterocycles. The molecule has 0 bridgehead atoms. The fraction of sp³-hybridized carbons (Fsp3) is 0.500. The van der Waals surface area contributed by atoms with Crippen molar-refractivity contribution in [3.63, 3.8) is 0 Å². The summed E-state index contributed by atoms with van der Waals surface area (Å²) < 4.78 is 5.65. The quantitative estimate of drug-likeness (QED) is 0.209. The van der Waals surface area contributed by atoms with Gasteiger partial charge in [-0.05, 0) is 73.1 Å². The Labute approximate surface area is 203 Å². The van der Waals surface area contributed by atoms with Crippen LogP contribution in [0.25, 0.3) is 0 Å². The lowest BCUT2D eigenvalue weighted by Gasteiger charge is -2.28. The van der Waals surface area contributed by atoms with Gasteiger partial charge >= 0.3 is 0 Å². The van der Waals surface area contributed by atoms with Crippen molar-refractivity contribution in [2.24, 2.45) is 11.8 Å². The third kappa shape index (κ3) is 9.72. The Kier molecular flexibility index (Phi) is 11.5. The highest BCUT2D eigenvalue weighted by Gasteiger charge is 2.20. The highest BCUT2D eigenvalue weighted by Crippen LogP contribution is 2.34. The minimum Gasteiger partial charge on any atom is -0.373 e. The van der Waals surface area contributed by atoms with Crippen LogP contribution in [0.5, 0.6) is 0 Å². The van der Waals surface area contributed by atoms with Gasteiger partial charge in [0.1, 0.15) is 0 Å². The molecule has 0 N–H and O–H groups in total. The lowest BCUT2D eigenvalue weighted by Crippen LogP contribution is -2.15. The van der Waals surface area contributed by atoms with Gasteiger partial charge in [0.2, 0.25) is 0 Å². The number of unbranched alkanes of at least 4 members (excludes halogenated alkanes) is 1. The molecular weight excluding hydrogens is 400 g/mol. The molecule has 0 aliphatic heterocycles. The van der Waals surface area contributed by atoms with Crippen LogP contribution >= 0.6 is 0 Å². The molecule has 1 aliphatic carbocycles. The fourth-order valence-electron chi connectivity index (χ4n) is 5.09. The first kappa shape index (κ1) is 25.5. The molecule has 0 amide bonds. The molecule has 0 heterocycles. The fourth-order valence-corrected chi connectivity index (χ4v) is 5.09. The second-order valence-electron chi connectivity index (χ2n) is 9.88. The standard InChI is InChI=1S/C32H44O/c1-3-5-25-33-26-32-23-21-31(22-24-32)20-19-30-17-15-29(16-18-30)10-7-6-9-28-13-11-27(8-4-2)12-14-28/h3-5,11-14,21-24,29-30H,2,6-10,15-20,25-26H2,1H3. The van der Waals surface area contributed by atoms with Gasteiger partial charge in [-0.2, -0.15) is 0 Å². The van der Waals surface area contributed by atoms with Gasteiger partial charge in [-0.25, -0.2) is 0 Å². The van der Waals surface area contributed by atoms with Crippen molar-refractivity contribution in [1.29, 1.82) is 0 Å². The normalized spacial score (nSPS) is 18.6. The molecule has 0 radical (unpaired) electrons. The smallest absolute Gasteiger partial charge is 0.0721 e. The van der Waals surface area contributed by atoms with Gasteiger partial charge in [0, 0.05) is 0 Å². The second-order valence-corrected chi connectivity index (χ2v) is 9.88. The van der Waals surface area contributed by atoms with E-state index in [0.29, 0.717) is 13.2 Å². The van der Waals surface area contributed by atoms with Crippen molar-refractivity contribution >= 4 is 0 Å². The Hall–Kier alpha value is -2.12. The van der Waals surface area contributed by atoms with Crippen LogP contribution in [0.1, 0.15) is 80.5 Å². The Bertz CT molecular complexity index is 807. The maximum atomic E-state index is 5.65. The third-order valence-electron chi connectivity index (χ3n) is 7.28. The van der Waals surface area contributed by atoms with Crippen LogP contribution < -0.4 is 0 Å². The van der Waals surface area contributed by atoms with E-state index in [9.17, 15) is 0 Å². The first-order valence-corrected chi connectivity index (χ1v) is 13.2. The Morgan fingerprint density at radius 2 is 1.33 bits per heavy atom. The monoisotopic (exact) mass is 444 g/mol. The first-order chi connectivity index (χ1) is 16.3. The minimum atomic E-state index is 0.700. The van der Waals surface area contributed by atoms with E-state index in [2.05, 4.69) is 55.1 Å². The average molecular weight is 445 g/mol. The van der Waals surface area contributed by atoms with E-state index in [1.807, 2.05) is 25.2 Å². The van der Waals surface area contributed by atoms with Gasteiger partial charge in [-0.3, -0.25) is 0 Å². The van der Waals surface area contributed by atoms with Gasteiger partial charge < -0.3 is 4.74 Å². The molecule has 1 saturated carbocycles. The molecule has 1 aliphatic rings. The number of ether oxygens (including phenoxy) is 1. The number of allylic oxidation sites excluding steroid dienone is 2. The van der Waals surface area contributed by atoms with Gasteiger partial charge in [0.05, 0.1) is 13.2 Å². The van der Waals surface area contributed by atoms with Crippen LogP contribution in [0, 0.1) is 11.8 Å². The molecule has 0 spiro atoms. The van der Waals surface area contributed by atoms with E-state index in [1.54, 1.807) is 0 Å². The van der Waals surface area contributed by atoms with E-state index < -0.39 is 0 Å². The topological polar surface area (TPSA) is 9.23 Å². The van der Waals surface area contributed by atoms with Crippen LogP contribution in [0.3, 0.4) is 0 Å². The summed E-state index contributed by atoms with van der Waals surface area (Å²) >= 11 is 0. The van der Waals surface area contributed by atoms with Gasteiger partial charge in [-0.1, -0.05) is 105 Å². The van der Waals surface area contributed by atoms with Crippen LogP contribution in [0.15, 0.2) is 73.3 Å². The molecule has 178 valence electrons. The molecule has 33 heavy (non-hydrogen) atoms. The molecular formula is C32H44O. The summed E-state index contributed by atoms with van der Waals surface area (Å²) in [5.74, 6) is 1.90. The maximum Gasteiger partial charge on any atom is 0.0721 e. The lowest BCUT2D eigenvalue weighted by molar-refractivity contribution is 0.148. The van der Waals surface area contributed by atoms with E-state index in [0.717, 1.165) is 18.3 Å². The van der Waals surface area contributed by atoms with E-state index in [-0.39, 0.29) is 0 Å². The van der Waals surface area contributed by atoms with Crippen molar-refractivity contribution in [2.75, 3.05) is 6.61 Å². The average Bonchev–Trinajstić information content (AvgIpc) is 2.86. The van der Waals surface area contributed by atoms with Crippen molar-refractivity contribution in [3.05, 3.63) is 95.6 Å². The number of hydrogen-bond donors (Lipinski definition) is 0.